The van der Waals surface area contributed by atoms with Crippen molar-refractivity contribution in [3.8, 4) is 11.5 Å². The van der Waals surface area contributed by atoms with Crippen LogP contribution >= 0.6 is 0 Å². The lowest BCUT2D eigenvalue weighted by Crippen LogP contribution is -2.21. The summed E-state index contributed by atoms with van der Waals surface area (Å²) < 4.78 is 18.3. The molecule has 70 valence electrons. The van der Waals surface area contributed by atoms with Gasteiger partial charge in [-0.1, -0.05) is 0 Å². The van der Waals surface area contributed by atoms with Crippen LogP contribution in [0.4, 0.5) is 4.39 Å². The summed E-state index contributed by atoms with van der Waals surface area (Å²) in [7, 11) is 0. The van der Waals surface area contributed by atoms with E-state index in [1.807, 2.05) is 0 Å². The number of ether oxygens (including phenoxy) is 1. The van der Waals surface area contributed by atoms with Crippen LogP contribution in [0.5, 0.6) is 11.5 Å². The van der Waals surface area contributed by atoms with Crippen LogP contribution in [0.25, 0.3) is 0 Å². The van der Waals surface area contributed by atoms with E-state index in [-0.39, 0.29) is 17.5 Å². The van der Waals surface area contributed by atoms with E-state index in [0.29, 0.717) is 18.6 Å². The van der Waals surface area contributed by atoms with Gasteiger partial charge in [0.25, 0.3) is 0 Å². The van der Waals surface area contributed by atoms with Crippen molar-refractivity contribution in [3.63, 3.8) is 0 Å². The average Bonchev–Trinajstić information content (AvgIpc) is 2.07. The molecule has 0 saturated carbocycles. The maximum absolute atomic E-state index is 13.2. The van der Waals surface area contributed by atoms with Gasteiger partial charge in [-0.2, -0.15) is 0 Å². The quantitative estimate of drug-likeness (QED) is 0.637. The fraction of sp³-hybridized carbons (Fsp3) is 0.333. The van der Waals surface area contributed by atoms with E-state index in [9.17, 15) is 4.39 Å². The largest absolute Gasteiger partial charge is 0.508 e. The number of hydrogen-bond donors (Lipinski definition) is 2. The van der Waals surface area contributed by atoms with Crippen LogP contribution in [0.2, 0.25) is 0 Å². The molecule has 3 nitrogen and oxygen atoms in total. The molecule has 1 unspecified atom stereocenters. The van der Waals surface area contributed by atoms with Gasteiger partial charge in [0.15, 0.2) is 11.6 Å². The van der Waals surface area contributed by atoms with Gasteiger partial charge in [-0.25, -0.2) is 4.39 Å². The Labute approximate surface area is 74.9 Å². The van der Waals surface area contributed by atoms with Gasteiger partial charge in [-0.15, -0.1) is 0 Å². The Balaban J connectivity index is 2.56. The Hall–Kier alpha value is -1.29. The highest BCUT2D eigenvalue weighted by Gasteiger charge is 2.22. The summed E-state index contributed by atoms with van der Waals surface area (Å²) >= 11 is 0. The summed E-state index contributed by atoms with van der Waals surface area (Å²) in [5.41, 5.74) is 6.27. The molecule has 1 aliphatic heterocycles. The fourth-order valence-corrected chi connectivity index (χ4v) is 1.47. The number of phenols is 1. The summed E-state index contributed by atoms with van der Waals surface area (Å²) in [6.45, 7) is 0.426. The Bertz CT molecular complexity index is 341. The molecular formula is C9H10FNO2. The Morgan fingerprint density at radius 1 is 1.54 bits per heavy atom. The second kappa shape index (κ2) is 2.88. The smallest absolute Gasteiger partial charge is 0.169 e. The molecule has 4 heteroatoms. The number of phenolic OH excluding ortho intramolecular Hbond substituents is 1. The first-order valence-electron chi connectivity index (χ1n) is 4.09. The standard InChI is InChI=1S/C9H10FNO2/c10-7-4-5(12)3-6-8(11)1-2-13-9(6)7/h3-4,8,12H,1-2,11H2. The van der Waals surface area contributed by atoms with Crippen molar-refractivity contribution in [2.45, 2.75) is 12.5 Å². The summed E-state index contributed by atoms with van der Waals surface area (Å²) in [6, 6.07) is 2.23. The van der Waals surface area contributed by atoms with Crippen LogP contribution in [0.15, 0.2) is 12.1 Å². The number of hydrogen-bond acceptors (Lipinski definition) is 3. The predicted octanol–water partition coefficient (Wildman–Crippen LogP) is 1.31. The number of fused-ring (bicyclic) bond motifs is 1. The zero-order valence-corrected chi connectivity index (χ0v) is 6.96. The first-order valence-corrected chi connectivity index (χ1v) is 4.09. The van der Waals surface area contributed by atoms with Crippen molar-refractivity contribution in [2.75, 3.05) is 6.61 Å². The number of nitrogens with two attached hydrogens (primary N) is 1. The molecule has 1 atom stereocenters. The van der Waals surface area contributed by atoms with E-state index in [1.54, 1.807) is 0 Å². The van der Waals surface area contributed by atoms with Crippen LogP contribution in [0.3, 0.4) is 0 Å². The SMILES string of the molecule is NC1CCOc2c(F)cc(O)cc21. The molecule has 0 bridgehead atoms. The van der Waals surface area contributed by atoms with E-state index >= 15 is 0 Å². The van der Waals surface area contributed by atoms with Gasteiger partial charge >= 0.3 is 0 Å². The third-order valence-electron chi connectivity index (χ3n) is 2.13. The second-order valence-electron chi connectivity index (χ2n) is 3.09. The molecule has 3 N–H and O–H groups in total. The molecule has 1 heterocycles. The Morgan fingerprint density at radius 3 is 3.08 bits per heavy atom. The zero-order chi connectivity index (χ0) is 9.42. The van der Waals surface area contributed by atoms with E-state index < -0.39 is 5.82 Å². The van der Waals surface area contributed by atoms with Crippen LogP contribution in [0.1, 0.15) is 18.0 Å². The van der Waals surface area contributed by atoms with Gasteiger partial charge in [-0.3, -0.25) is 0 Å². The summed E-state index contributed by atoms with van der Waals surface area (Å²) in [6.07, 6.45) is 0.649. The molecule has 0 amide bonds. The van der Waals surface area contributed by atoms with Gasteiger partial charge in [0.1, 0.15) is 5.75 Å². The third kappa shape index (κ3) is 1.33. The lowest BCUT2D eigenvalue weighted by Gasteiger charge is -2.23. The van der Waals surface area contributed by atoms with Crippen LogP contribution in [-0.2, 0) is 0 Å². The first kappa shape index (κ1) is 8.31. The third-order valence-corrected chi connectivity index (χ3v) is 2.13. The van der Waals surface area contributed by atoms with Gasteiger partial charge in [-0.05, 0) is 6.07 Å². The van der Waals surface area contributed by atoms with Crippen molar-refractivity contribution in [2.24, 2.45) is 5.73 Å². The first-order chi connectivity index (χ1) is 6.18. The monoisotopic (exact) mass is 183 g/mol. The molecule has 1 aromatic carbocycles. The average molecular weight is 183 g/mol. The number of halogens is 1. The van der Waals surface area contributed by atoms with E-state index in [4.69, 9.17) is 15.6 Å². The molecule has 1 aromatic rings. The maximum Gasteiger partial charge on any atom is 0.169 e. The number of benzene rings is 1. The van der Waals surface area contributed by atoms with E-state index in [1.165, 1.54) is 6.07 Å². The van der Waals surface area contributed by atoms with Gasteiger partial charge < -0.3 is 15.6 Å². The van der Waals surface area contributed by atoms with Crippen molar-refractivity contribution in [1.82, 2.24) is 0 Å². The highest BCUT2D eigenvalue weighted by atomic mass is 19.1. The minimum absolute atomic E-state index is 0.114. The van der Waals surface area contributed by atoms with Gasteiger partial charge in [0, 0.05) is 24.1 Å². The molecule has 0 aliphatic carbocycles. The van der Waals surface area contributed by atoms with Gasteiger partial charge in [0.2, 0.25) is 0 Å². The maximum atomic E-state index is 13.2. The Kier molecular flexibility index (Phi) is 1.84. The number of aromatic hydroxyl groups is 1. The topological polar surface area (TPSA) is 55.5 Å². The van der Waals surface area contributed by atoms with Crippen LogP contribution < -0.4 is 10.5 Å². The minimum Gasteiger partial charge on any atom is -0.508 e. The molecule has 0 fully saturated rings. The van der Waals surface area contributed by atoms with Crippen LogP contribution in [0, 0.1) is 5.82 Å². The summed E-state index contributed by atoms with van der Waals surface area (Å²) in [4.78, 5) is 0. The van der Waals surface area contributed by atoms with E-state index in [2.05, 4.69) is 0 Å². The molecule has 13 heavy (non-hydrogen) atoms. The van der Waals surface area contributed by atoms with E-state index in [0.717, 1.165) is 6.07 Å². The predicted molar refractivity (Wildman–Crippen MR) is 45.1 cm³/mol. The molecule has 0 aromatic heterocycles. The van der Waals surface area contributed by atoms with Crippen molar-refractivity contribution in [1.29, 1.82) is 0 Å². The molecular weight excluding hydrogens is 173 g/mol. The highest BCUT2D eigenvalue weighted by molar-refractivity contribution is 5.43. The Morgan fingerprint density at radius 2 is 2.31 bits per heavy atom. The molecule has 0 spiro atoms. The summed E-state index contributed by atoms with van der Waals surface area (Å²) in [5.74, 6) is -0.487. The molecule has 1 aliphatic rings. The fourth-order valence-electron chi connectivity index (χ4n) is 1.47. The van der Waals surface area contributed by atoms with Crippen molar-refractivity contribution in [3.05, 3.63) is 23.5 Å². The second-order valence-corrected chi connectivity index (χ2v) is 3.09. The van der Waals surface area contributed by atoms with Crippen molar-refractivity contribution >= 4 is 0 Å². The highest BCUT2D eigenvalue weighted by Crippen LogP contribution is 2.35. The van der Waals surface area contributed by atoms with Crippen molar-refractivity contribution < 1.29 is 14.2 Å². The lowest BCUT2D eigenvalue weighted by atomic mass is 10.0. The minimum atomic E-state index is -0.551. The molecule has 2 rings (SSSR count). The van der Waals surface area contributed by atoms with Gasteiger partial charge in [0.05, 0.1) is 6.61 Å². The van der Waals surface area contributed by atoms with Crippen LogP contribution in [-0.4, -0.2) is 11.7 Å². The molecule has 0 saturated heterocycles. The normalized spacial score (nSPS) is 20.6. The zero-order valence-electron chi connectivity index (χ0n) is 6.96. The lowest BCUT2D eigenvalue weighted by molar-refractivity contribution is 0.254. The number of rotatable bonds is 0. The molecule has 0 radical (unpaired) electrons. The summed E-state index contributed by atoms with van der Waals surface area (Å²) in [5, 5.41) is 9.14.